The highest BCUT2D eigenvalue weighted by Gasteiger charge is 2.49. The van der Waals surface area contributed by atoms with E-state index in [0.717, 1.165) is 30.6 Å². The van der Waals surface area contributed by atoms with Crippen molar-refractivity contribution in [2.45, 2.75) is 44.2 Å². The summed E-state index contributed by atoms with van der Waals surface area (Å²) in [5.74, 6) is -0.992. The van der Waals surface area contributed by atoms with E-state index in [4.69, 9.17) is 0 Å². The Labute approximate surface area is 149 Å². The molecule has 1 atom stereocenters. The predicted molar refractivity (Wildman–Crippen MR) is 91.1 cm³/mol. The Morgan fingerprint density at radius 2 is 2.08 bits per heavy atom. The fraction of sp³-hybridized carbons (Fsp3) is 0.471. The van der Waals surface area contributed by atoms with Crippen molar-refractivity contribution in [1.29, 1.82) is 0 Å². The summed E-state index contributed by atoms with van der Waals surface area (Å²) in [6.07, 6.45) is 3.91. The number of benzene rings is 1. The lowest BCUT2D eigenvalue weighted by Gasteiger charge is -2.22. The van der Waals surface area contributed by atoms with Crippen molar-refractivity contribution in [1.82, 2.24) is 15.5 Å². The van der Waals surface area contributed by atoms with E-state index in [-0.39, 0.29) is 24.2 Å². The zero-order valence-electron chi connectivity index (χ0n) is 14.4. The van der Waals surface area contributed by atoms with E-state index in [1.807, 2.05) is 0 Å². The number of urea groups is 1. The zero-order chi connectivity index (χ0) is 18.9. The Kier molecular flexibility index (Phi) is 4.62. The Morgan fingerprint density at radius 1 is 1.38 bits per heavy atom. The van der Waals surface area contributed by atoms with Gasteiger partial charge in [0.15, 0.2) is 0 Å². The van der Waals surface area contributed by atoms with Gasteiger partial charge in [0.05, 0.1) is 4.92 Å². The quantitative estimate of drug-likeness (QED) is 0.467. The van der Waals surface area contributed by atoms with Crippen LogP contribution in [0.2, 0.25) is 0 Å². The van der Waals surface area contributed by atoms with Crippen molar-refractivity contribution in [2.24, 2.45) is 0 Å². The first-order chi connectivity index (χ1) is 12.3. The van der Waals surface area contributed by atoms with Gasteiger partial charge in [0.25, 0.3) is 11.6 Å². The first-order valence-electron chi connectivity index (χ1n) is 8.49. The molecule has 4 amide bonds. The highest BCUT2D eigenvalue weighted by Crippen LogP contribution is 2.30. The summed E-state index contributed by atoms with van der Waals surface area (Å²) in [6.45, 7) is 1.10. The van der Waals surface area contributed by atoms with Gasteiger partial charge in [-0.2, -0.15) is 0 Å². The number of amides is 4. The highest BCUT2D eigenvalue weighted by molar-refractivity contribution is 6.09. The second-order valence-electron chi connectivity index (χ2n) is 6.80. The number of nitro groups is 1. The van der Waals surface area contributed by atoms with Gasteiger partial charge in [-0.3, -0.25) is 24.6 Å². The van der Waals surface area contributed by atoms with Gasteiger partial charge in [0.1, 0.15) is 12.1 Å². The highest BCUT2D eigenvalue weighted by atomic mass is 16.6. The van der Waals surface area contributed by atoms with E-state index in [0.29, 0.717) is 5.56 Å². The summed E-state index contributed by atoms with van der Waals surface area (Å²) in [5.41, 5.74) is -1.33. The van der Waals surface area contributed by atoms with Crippen LogP contribution in [0.3, 0.4) is 0 Å². The van der Waals surface area contributed by atoms with Crippen LogP contribution in [0.5, 0.6) is 0 Å². The molecule has 1 aromatic carbocycles. The van der Waals surface area contributed by atoms with Crippen LogP contribution in [0.25, 0.3) is 0 Å². The molecule has 1 heterocycles. The van der Waals surface area contributed by atoms with Crippen LogP contribution < -0.4 is 10.6 Å². The molecule has 1 saturated heterocycles. The molecule has 9 nitrogen and oxygen atoms in total. The lowest BCUT2D eigenvalue weighted by Crippen LogP contribution is -2.45. The predicted octanol–water partition coefficient (Wildman–Crippen LogP) is 1.42. The van der Waals surface area contributed by atoms with Crippen molar-refractivity contribution in [3.05, 3.63) is 39.9 Å². The van der Waals surface area contributed by atoms with Crippen LogP contribution in [0.1, 0.15) is 38.2 Å². The molecule has 3 rings (SSSR count). The molecule has 1 saturated carbocycles. The van der Waals surface area contributed by atoms with Crippen molar-refractivity contribution in [2.75, 3.05) is 6.54 Å². The summed E-state index contributed by atoms with van der Waals surface area (Å²) in [7, 11) is 0. The third kappa shape index (κ3) is 3.24. The third-order valence-corrected chi connectivity index (χ3v) is 4.93. The van der Waals surface area contributed by atoms with Crippen LogP contribution in [0, 0.1) is 10.1 Å². The number of rotatable bonds is 5. The van der Waals surface area contributed by atoms with Crippen molar-refractivity contribution >= 4 is 23.5 Å². The standard InChI is InChI=1S/C17H20N4O5/c1-17(11-5-4-8-13(9-11)21(25)26)15(23)20(16(24)19-17)10-14(22)18-12-6-2-3-7-12/h4-5,8-9,12H,2-3,6-7,10H2,1H3,(H,18,22)(H,19,24)/t17-/m0/s1. The van der Waals surface area contributed by atoms with Crippen LogP contribution in [-0.2, 0) is 15.1 Å². The van der Waals surface area contributed by atoms with E-state index in [9.17, 15) is 24.5 Å². The Morgan fingerprint density at radius 3 is 2.73 bits per heavy atom. The topological polar surface area (TPSA) is 122 Å². The molecule has 2 fully saturated rings. The second kappa shape index (κ2) is 6.74. The van der Waals surface area contributed by atoms with Gasteiger partial charge in [0.2, 0.25) is 5.91 Å². The fourth-order valence-corrected chi connectivity index (χ4v) is 3.45. The summed E-state index contributed by atoms with van der Waals surface area (Å²) < 4.78 is 0. The lowest BCUT2D eigenvalue weighted by atomic mass is 9.91. The monoisotopic (exact) mass is 360 g/mol. The van der Waals surface area contributed by atoms with Gasteiger partial charge in [-0.1, -0.05) is 25.0 Å². The molecule has 138 valence electrons. The van der Waals surface area contributed by atoms with Gasteiger partial charge < -0.3 is 10.6 Å². The van der Waals surface area contributed by atoms with Gasteiger partial charge in [-0.15, -0.1) is 0 Å². The van der Waals surface area contributed by atoms with Gasteiger partial charge in [-0.25, -0.2) is 4.79 Å². The third-order valence-electron chi connectivity index (χ3n) is 4.93. The first-order valence-corrected chi connectivity index (χ1v) is 8.49. The summed E-state index contributed by atoms with van der Waals surface area (Å²) in [5, 5.41) is 16.3. The van der Waals surface area contributed by atoms with E-state index in [2.05, 4.69) is 10.6 Å². The fourth-order valence-electron chi connectivity index (χ4n) is 3.45. The molecule has 9 heteroatoms. The van der Waals surface area contributed by atoms with Crippen LogP contribution >= 0.6 is 0 Å². The molecule has 0 bridgehead atoms. The van der Waals surface area contributed by atoms with E-state index in [1.54, 1.807) is 0 Å². The van der Waals surface area contributed by atoms with Crippen LogP contribution in [-0.4, -0.2) is 40.3 Å². The van der Waals surface area contributed by atoms with Gasteiger partial charge in [-0.05, 0) is 25.3 Å². The molecular formula is C17H20N4O5. The summed E-state index contributed by atoms with van der Waals surface area (Å²) in [4.78, 5) is 48.4. The van der Waals surface area contributed by atoms with Crippen molar-refractivity contribution < 1.29 is 19.3 Å². The number of nitro benzene ring substituents is 1. The number of imide groups is 1. The van der Waals surface area contributed by atoms with Crippen LogP contribution in [0.4, 0.5) is 10.5 Å². The van der Waals surface area contributed by atoms with E-state index < -0.39 is 22.4 Å². The molecule has 0 aromatic heterocycles. The number of hydrogen-bond acceptors (Lipinski definition) is 5. The molecular weight excluding hydrogens is 340 g/mol. The number of carbonyl (C=O) groups is 3. The Hall–Kier alpha value is -2.97. The smallest absolute Gasteiger partial charge is 0.325 e. The normalized spacial score (nSPS) is 23.2. The summed E-state index contributed by atoms with van der Waals surface area (Å²) >= 11 is 0. The van der Waals surface area contributed by atoms with Crippen molar-refractivity contribution in [3.63, 3.8) is 0 Å². The van der Waals surface area contributed by atoms with E-state index >= 15 is 0 Å². The molecule has 0 radical (unpaired) electrons. The average Bonchev–Trinajstić information content (AvgIpc) is 3.18. The first kappa shape index (κ1) is 17.8. The van der Waals surface area contributed by atoms with Gasteiger partial charge >= 0.3 is 6.03 Å². The zero-order valence-corrected chi connectivity index (χ0v) is 14.4. The maximum Gasteiger partial charge on any atom is 0.325 e. The largest absolute Gasteiger partial charge is 0.352 e. The Bertz CT molecular complexity index is 774. The van der Waals surface area contributed by atoms with Crippen LogP contribution in [0.15, 0.2) is 24.3 Å². The number of carbonyl (C=O) groups excluding carboxylic acids is 3. The SMILES string of the molecule is C[C@@]1(c2cccc([N+](=O)[O-])c2)NC(=O)N(CC(=O)NC2CCCC2)C1=O. The average molecular weight is 360 g/mol. The summed E-state index contributed by atoms with van der Waals surface area (Å²) in [6, 6.07) is 4.94. The number of nitrogens with one attached hydrogen (secondary N) is 2. The molecule has 1 aliphatic heterocycles. The minimum Gasteiger partial charge on any atom is -0.352 e. The minimum atomic E-state index is -1.45. The molecule has 2 N–H and O–H groups in total. The molecule has 0 unspecified atom stereocenters. The lowest BCUT2D eigenvalue weighted by molar-refractivity contribution is -0.385. The molecule has 0 spiro atoms. The minimum absolute atomic E-state index is 0.0893. The molecule has 1 aromatic rings. The maximum absolute atomic E-state index is 12.8. The number of non-ortho nitro benzene ring substituents is 1. The van der Waals surface area contributed by atoms with E-state index in [1.165, 1.54) is 31.2 Å². The number of hydrogen-bond donors (Lipinski definition) is 2. The second-order valence-corrected chi connectivity index (χ2v) is 6.80. The van der Waals surface area contributed by atoms with Gasteiger partial charge in [0, 0.05) is 18.2 Å². The Balaban J connectivity index is 1.76. The van der Waals surface area contributed by atoms with Crippen molar-refractivity contribution in [3.8, 4) is 0 Å². The molecule has 1 aliphatic carbocycles. The number of nitrogens with zero attached hydrogens (tertiary/aromatic N) is 2. The molecule has 26 heavy (non-hydrogen) atoms. The maximum atomic E-state index is 12.8. The molecule has 2 aliphatic rings.